The fourth-order valence-electron chi connectivity index (χ4n) is 2.31. The first-order valence-electron chi connectivity index (χ1n) is 6.34. The Balaban J connectivity index is 2.35. The molecular formula is C13H20N2O3S. The molecule has 1 heterocycles. The fourth-order valence-corrected chi connectivity index (χ4v) is 3.97. The molecular weight excluding hydrogens is 264 g/mol. The van der Waals surface area contributed by atoms with E-state index in [2.05, 4.69) is 0 Å². The van der Waals surface area contributed by atoms with Crippen molar-refractivity contribution >= 4 is 15.7 Å². The van der Waals surface area contributed by atoms with Gasteiger partial charge in [-0.2, -0.15) is 4.31 Å². The Hall–Kier alpha value is -1.11. The summed E-state index contributed by atoms with van der Waals surface area (Å²) in [6.07, 6.45) is 0.704. The highest BCUT2D eigenvalue weighted by Crippen LogP contribution is 2.27. The van der Waals surface area contributed by atoms with Crippen molar-refractivity contribution in [3.05, 3.63) is 23.3 Å². The summed E-state index contributed by atoms with van der Waals surface area (Å²) in [4.78, 5) is 0.242. The highest BCUT2D eigenvalue weighted by Gasteiger charge is 2.32. The van der Waals surface area contributed by atoms with Crippen molar-refractivity contribution in [1.29, 1.82) is 0 Å². The number of aliphatic hydroxyl groups is 1. The first-order chi connectivity index (χ1) is 8.86. The van der Waals surface area contributed by atoms with Crippen molar-refractivity contribution in [2.75, 3.05) is 25.4 Å². The van der Waals surface area contributed by atoms with E-state index in [1.54, 1.807) is 6.07 Å². The molecule has 1 aromatic rings. The van der Waals surface area contributed by atoms with E-state index < -0.39 is 10.0 Å². The minimum Gasteiger partial charge on any atom is -0.398 e. The molecule has 5 nitrogen and oxygen atoms in total. The van der Waals surface area contributed by atoms with E-state index in [0.29, 0.717) is 25.2 Å². The van der Waals surface area contributed by atoms with Gasteiger partial charge in [-0.1, -0.05) is 0 Å². The minimum absolute atomic E-state index is 0.0289. The van der Waals surface area contributed by atoms with Crippen molar-refractivity contribution in [2.45, 2.75) is 25.2 Å². The van der Waals surface area contributed by atoms with Crippen molar-refractivity contribution < 1.29 is 13.5 Å². The Labute approximate surface area is 114 Å². The highest BCUT2D eigenvalue weighted by molar-refractivity contribution is 7.89. The summed E-state index contributed by atoms with van der Waals surface area (Å²) in [7, 11) is -3.50. The molecule has 0 bridgehead atoms. The molecule has 2 rings (SSSR count). The minimum atomic E-state index is -3.50. The third kappa shape index (κ3) is 2.61. The van der Waals surface area contributed by atoms with Crippen LogP contribution in [0, 0.1) is 19.8 Å². The van der Waals surface area contributed by atoms with E-state index in [9.17, 15) is 8.42 Å². The lowest BCUT2D eigenvalue weighted by molar-refractivity contribution is 0.233. The molecule has 0 aromatic heterocycles. The Morgan fingerprint density at radius 3 is 2.63 bits per heavy atom. The van der Waals surface area contributed by atoms with Gasteiger partial charge in [-0.25, -0.2) is 8.42 Å². The van der Waals surface area contributed by atoms with Gasteiger partial charge in [-0.05, 0) is 49.4 Å². The molecule has 1 unspecified atom stereocenters. The van der Waals surface area contributed by atoms with E-state index in [0.717, 1.165) is 11.1 Å². The van der Waals surface area contributed by atoms with E-state index in [1.807, 2.05) is 13.8 Å². The van der Waals surface area contributed by atoms with Gasteiger partial charge in [0.05, 0.1) is 4.90 Å². The van der Waals surface area contributed by atoms with Gasteiger partial charge >= 0.3 is 0 Å². The standard InChI is InChI=1S/C13H20N2O3S/c1-9-5-12(6-13(14)10(9)2)19(17,18)15-4-3-11(7-15)8-16/h5-6,11,16H,3-4,7-8,14H2,1-2H3. The van der Waals surface area contributed by atoms with E-state index >= 15 is 0 Å². The van der Waals surface area contributed by atoms with Gasteiger partial charge in [0, 0.05) is 25.4 Å². The summed E-state index contributed by atoms with van der Waals surface area (Å²) in [5.41, 5.74) is 8.13. The van der Waals surface area contributed by atoms with Crippen LogP contribution in [0.4, 0.5) is 5.69 Å². The second-order valence-electron chi connectivity index (χ2n) is 5.15. The first kappa shape index (κ1) is 14.3. The summed E-state index contributed by atoms with van der Waals surface area (Å²) in [6, 6.07) is 3.18. The lowest BCUT2D eigenvalue weighted by Crippen LogP contribution is -2.29. The van der Waals surface area contributed by atoms with Crippen LogP contribution >= 0.6 is 0 Å². The van der Waals surface area contributed by atoms with Gasteiger partial charge in [0.15, 0.2) is 0 Å². The van der Waals surface area contributed by atoms with Crippen LogP contribution in [0.5, 0.6) is 0 Å². The van der Waals surface area contributed by atoms with E-state index in [-0.39, 0.29) is 17.4 Å². The number of nitrogens with two attached hydrogens (primary N) is 1. The van der Waals surface area contributed by atoms with Crippen LogP contribution in [-0.4, -0.2) is 37.5 Å². The molecule has 1 fully saturated rings. The highest BCUT2D eigenvalue weighted by atomic mass is 32.2. The lowest BCUT2D eigenvalue weighted by atomic mass is 10.1. The Morgan fingerprint density at radius 2 is 2.11 bits per heavy atom. The van der Waals surface area contributed by atoms with Gasteiger partial charge in [-0.3, -0.25) is 0 Å². The molecule has 1 saturated heterocycles. The summed E-state index contributed by atoms with van der Waals surface area (Å²) in [5.74, 6) is 0.0404. The molecule has 19 heavy (non-hydrogen) atoms. The topological polar surface area (TPSA) is 83.6 Å². The Bertz CT molecular complexity index is 561. The van der Waals surface area contributed by atoms with Gasteiger partial charge in [-0.15, -0.1) is 0 Å². The maximum atomic E-state index is 12.5. The maximum Gasteiger partial charge on any atom is 0.243 e. The third-order valence-electron chi connectivity index (χ3n) is 3.83. The number of nitrogens with zero attached hydrogens (tertiary/aromatic N) is 1. The zero-order valence-corrected chi connectivity index (χ0v) is 12.1. The zero-order chi connectivity index (χ0) is 14.2. The van der Waals surface area contributed by atoms with Crippen LogP contribution in [0.1, 0.15) is 17.5 Å². The van der Waals surface area contributed by atoms with E-state index in [4.69, 9.17) is 10.8 Å². The van der Waals surface area contributed by atoms with Crippen molar-refractivity contribution in [3.63, 3.8) is 0 Å². The molecule has 0 aliphatic carbocycles. The van der Waals surface area contributed by atoms with Crippen LogP contribution in [-0.2, 0) is 10.0 Å². The number of hydrogen-bond acceptors (Lipinski definition) is 4. The Morgan fingerprint density at radius 1 is 1.42 bits per heavy atom. The second-order valence-corrected chi connectivity index (χ2v) is 7.09. The summed E-state index contributed by atoms with van der Waals surface area (Å²) < 4.78 is 26.4. The second kappa shape index (κ2) is 5.11. The monoisotopic (exact) mass is 284 g/mol. The number of aliphatic hydroxyl groups excluding tert-OH is 1. The van der Waals surface area contributed by atoms with Gasteiger partial charge in [0.2, 0.25) is 10.0 Å². The van der Waals surface area contributed by atoms with Crippen LogP contribution in [0.25, 0.3) is 0 Å². The average Bonchev–Trinajstić information content (AvgIpc) is 2.84. The number of nitrogen functional groups attached to an aromatic ring is 1. The normalized spacial score (nSPS) is 20.9. The summed E-state index contributed by atoms with van der Waals surface area (Å²) in [5, 5.41) is 9.10. The van der Waals surface area contributed by atoms with Gasteiger partial charge in [0.25, 0.3) is 0 Å². The number of benzene rings is 1. The van der Waals surface area contributed by atoms with Crippen LogP contribution in [0.3, 0.4) is 0 Å². The molecule has 0 spiro atoms. The SMILES string of the molecule is Cc1cc(S(=O)(=O)N2CCC(CO)C2)cc(N)c1C. The third-order valence-corrected chi connectivity index (χ3v) is 5.67. The zero-order valence-electron chi connectivity index (χ0n) is 11.3. The van der Waals surface area contributed by atoms with Gasteiger partial charge in [0.1, 0.15) is 0 Å². The molecule has 1 aliphatic rings. The molecule has 1 atom stereocenters. The lowest BCUT2D eigenvalue weighted by Gasteiger charge is -2.18. The molecule has 0 saturated carbocycles. The summed E-state index contributed by atoms with van der Waals surface area (Å²) >= 11 is 0. The summed E-state index contributed by atoms with van der Waals surface area (Å²) in [6.45, 7) is 4.59. The fraction of sp³-hybridized carbons (Fsp3) is 0.538. The molecule has 106 valence electrons. The number of hydrogen-bond donors (Lipinski definition) is 2. The largest absolute Gasteiger partial charge is 0.398 e. The number of rotatable bonds is 3. The first-order valence-corrected chi connectivity index (χ1v) is 7.78. The van der Waals surface area contributed by atoms with Crippen LogP contribution in [0.15, 0.2) is 17.0 Å². The molecule has 6 heteroatoms. The number of anilines is 1. The van der Waals surface area contributed by atoms with Crippen molar-refractivity contribution in [1.82, 2.24) is 4.31 Å². The molecule has 1 aromatic carbocycles. The molecule has 3 N–H and O–H groups in total. The van der Waals surface area contributed by atoms with Gasteiger partial charge < -0.3 is 10.8 Å². The van der Waals surface area contributed by atoms with Crippen LogP contribution in [0.2, 0.25) is 0 Å². The quantitative estimate of drug-likeness (QED) is 0.807. The van der Waals surface area contributed by atoms with E-state index in [1.165, 1.54) is 10.4 Å². The predicted molar refractivity (Wildman–Crippen MR) is 74.3 cm³/mol. The number of sulfonamides is 1. The Kier molecular flexibility index (Phi) is 3.85. The molecule has 1 aliphatic heterocycles. The molecule has 0 amide bonds. The van der Waals surface area contributed by atoms with Crippen LogP contribution < -0.4 is 5.73 Å². The smallest absolute Gasteiger partial charge is 0.243 e. The number of aryl methyl sites for hydroxylation is 1. The van der Waals surface area contributed by atoms with Crippen molar-refractivity contribution in [2.24, 2.45) is 5.92 Å². The predicted octanol–water partition coefficient (Wildman–Crippen LogP) is 0.889. The maximum absolute atomic E-state index is 12.5. The average molecular weight is 284 g/mol. The molecule has 0 radical (unpaired) electrons. The van der Waals surface area contributed by atoms with Crippen molar-refractivity contribution in [3.8, 4) is 0 Å².